The van der Waals surface area contributed by atoms with Gasteiger partial charge in [-0.25, -0.2) is 0 Å². The molecular weight excluding hydrogens is 352 g/mol. The van der Waals surface area contributed by atoms with Gasteiger partial charge in [-0.1, -0.05) is 37.5 Å². The number of benzene rings is 2. The summed E-state index contributed by atoms with van der Waals surface area (Å²) >= 11 is 0. The third kappa shape index (κ3) is 3.05. The molecule has 5 nitrogen and oxygen atoms in total. The predicted octanol–water partition coefficient (Wildman–Crippen LogP) is 4.71. The molecule has 1 saturated heterocycles. The molecule has 28 heavy (non-hydrogen) atoms. The summed E-state index contributed by atoms with van der Waals surface area (Å²) in [7, 11) is 0. The molecule has 1 saturated carbocycles. The van der Waals surface area contributed by atoms with Crippen LogP contribution in [0.25, 0.3) is 21.9 Å². The Bertz CT molecular complexity index is 1050. The maximum Gasteiger partial charge on any atom is 0.229 e. The van der Waals surface area contributed by atoms with Gasteiger partial charge in [0.05, 0.1) is 5.92 Å². The van der Waals surface area contributed by atoms with Crippen LogP contribution in [0.3, 0.4) is 0 Å². The summed E-state index contributed by atoms with van der Waals surface area (Å²) in [5, 5.41) is 5.09. The lowest BCUT2D eigenvalue weighted by Gasteiger charge is -2.31. The number of rotatable bonds is 3. The van der Waals surface area contributed by atoms with Gasteiger partial charge in [0, 0.05) is 41.5 Å². The lowest BCUT2D eigenvalue weighted by Crippen LogP contribution is -2.38. The van der Waals surface area contributed by atoms with Crippen LogP contribution < -0.4 is 5.32 Å². The minimum Gasteiger partial charge on any atom is -0.456 e. The van der Waals surface area contributed by atoms with Crippen molar-refractivity contribution in [3.63, 3.8) is 0 Å². The summed E-state index contributed by atoms with van der Waals surface area (Å²) in [6.07, 6.45) is 6.08. The lowest BCUT2D eigenvalue weighted by atomic mass is 9.94. The molecule has 2 aromatic carbocycles. The zero-order valence-electron chi connectivity index (χ0n) is 15.8. The average Bonchev–Trinajstić information content (AvgIpc) is 3.28. The van der Waals surface area contributed by atoms with Crippen LogP contribution >= 0.6 is 0 Å². The van der Waals surface area contributed by atoms with Crippen LogP contribution in [0.5, 0.6) is 0 Å². The zero-order valence-corrected chi connectivity index (χ0v) is 15.8. The maximum absolute atomic E-state index is 12.8. The number of amides is 2. The highest BCUT2D eigenvalue weighted by Crippen LogP contribution is 2.32. The zero-order chi connectivity index (χ0) is 19.1. The van der Waals surface area contributed by atoms with Gasteiger partial charge in [-0.05, 0) is 31.0 Å². The SMILES string of the molecule is O=C(Nc1ccc2c(c1)oc1ccccc12)[C@H]1CC(=O)N(C2CCCCC2)C1. The van der Waals surface area contributed by atoms with Crippen molar-refractivity contribution in [2.24, 2.45) is 5.92 Å². The topological polar surface area (TPSA) is 62.6 Å². The van der Waals surface area contributed by atoms with E-state index in [4.69, 9.17) is 4.42 Å². The van der Waals surface area contributed by atoms with Crippen LogP contribution in [-0.4, -0.2) is 29.3 Å². The van der Waals surface area contributed by atoms with Crippen LogP contribution in [0.2, 0.25) is 0 Å². The van der Waals surface area contributed by atoms with Crippen molar-refractivity contribution in [1.82, 2.24) is 4.90 Å². The van der Waals surface area contributed by atoms with Crippen molar-refractivity contribution in [2.75, 3.05) is 11.9 Å². The first-order valence-electron chi connectivity index (χ1n) is 10.2. The normalized spacial score (nSPS) is 20.9. The van der Waals surface area contributed by atoms with E-state index < -0.39 is 0 Å². The Morgan fingerprint density at radius 1 is 1.00 bits per heavy atom. The van der Waals surface area contributed by atoms with Crippen LogP contribution in [0.1, 0.15) is 38.5 Å². The number of carbonyl (C=O) groups is 2. The van der Waals surface area contributed by atoms with E-state index in [1.165, 1.54) is 19.3 Å². The number of fused-ring (bicyclic) bond motifs is 3. The molecule has 1 aliphatic heterocycles. The third-order valence-electron chi connectivity index (χ3n) is 6.19. The van der Waals surface area contributed by atoms with Gasteiger partial charge < -0.3 is 14.6 Å². The van der Waals surface area contributed by atoms with E-state index in [1.54, 1.807) is 0 Å². The summed E-state index contributed by atoms with van der Waals surface area (Å²) in [4.78, 5) is 27.2. The molecule has 2 aliphatic rings. The van der Waals surface area contributed by atoms with E-state index in [9.17, 15) is 9.59 Å². The highest BCUT2D eigenvalue weighted by atomic mass is 16.3. The van der Waals surface area contributed by atoms with E-state index in [1.807, 2.05) is 47.4 Å². The Balaban J connectivity index is 1.31. The number of hydrogen-bond donors (Lipinski definition) is 1. The molecule has 5 heteroatoms. The first-order valence-corrected chi connectivity index (χ1v) is 10.2. The number of anilines is 1. The van der Waals surface area contributed by atoms with E-state index in [0.717, 1.165) is 34.8 Å². The number of nitrogens with zero attached hydrogens (tertiary/aromatic N) is 1. The Morgan fingerprint density at radius 3 is 2.64 bits per heavy atom. The van der Waals surface area contributed by atoms with Crippen LogP contribution in [0.15, 0.2) is 46.9 Å². The highest BCUT2D eigenvalue weighted by molar-refractivity contribution is 6.06. The summed E-state index contributed by atoms with van der Waals surface area (Å²) in [6.45, 7) is 0.544. The molecule has 2 fully saturated rings. The van der Waals surface area contributed by atoms with Gasteiger partial charge in [0.25, 0.3) is 0 Å². The molecule has 0 unspecified atom stereocenters. The van der Waals surface area contributed by atoms with Crippen LogP contribution in [-0.2, 0) is 9.59 Å². The molecule has 0 bridgehead atoms. The van der Waals surface area contributed by atoms with Crippen molar-refractivity contribution in [3.05, 3.63) is 42.5 Å². The molecule has 0 spiro atoms. The summed E-state index contributed by atoms with van der Waals surface area (Å²) in [5.41, 5.74) is 2.30. The van der Waals surface area contributed by atoms with E-state index >= 15 is 0 Å². The number of carbonyl (C=O) groups excluding carboxylic acids is 2. The number of hydrogen-bond acceptors (Lipinski definition) is 3. The van der Waals surface area contributed by atoms with E-state index in [-0.39, 0.29) is 17.7 Å². The second kappa shape index (κ2) is 6.97. The molecule has 2 amide bonds. The second-order valence-electron chi connectivity index (χ2n) is 8.04. The molecular formula is C23H24N2O3. The third-order valence-corrected chi connectivity index (χ3v) is 6.19. The first kappa shape index (κ1) is 17.3. The number of nitrogens with one attached hydrogen (secondary N) is 1. The average molecular weight is 376 g/mol. The lowest BCUT2D eigenvalue weighted by molar-refractivity contribution is -0.130. The van der Waals surface area contributed by atoms with Gasteiger partial charge >= 0.3 is 0 Å². The highest BCUT2D eigenvalue weighted by Gasteiger charge is 2.38. The Hall–Kier alpha value is -2.82. The van der Waals surface area contributed by atoms with Gasteiger partial charge in [0.1, 0.15) is 11.2 Å². The summed E-state index contributed by atoms with van der Waals surface area (Å²) < 4.78 is 5.90. The Morgan fingerprint density at radius 2 is 1.79 bits per heavy atom. The Kier molecular flexibility index (Phi) is 4.30. The van der Waals surface area contributed by atoms with E-state index in [0.29, 0.717) is 24.7 Å². The van der Waals surface area contributed by atoms with Crippen molar-refractivity contribution in [3.8, 4) is 0 Å². The number of likely N-dealkylation sites (tertiary alicyclic amines) is 1. The molecule has 5 rings (SSSR count). The van der Waals surface area contributed by atoms with Crippen molar-refractivity contribution in [1.29, 1.82) is 0 Å². The first-order chi connectivity index (χ1) is 13.7. The molecule has 1 N–H and O–H groups in total. The van der Waals surface area contributed by atoms with Crippen molar-refractivity contribution in [2.45, 2.75) is 44.6 Å². The van der Waals surface area contributed by atoms with Gasteiger partial charge in [-0.3, -0.25) is 9.59 Å². The van der Waals surface area contributed by atoms with E-state index in [2.05, 4.69) is 5.32 Å². The van der Waals surface area contributed by atoms with Gasteiger partial charge in [-0.2, -0.15) is 0 Å². The monoisotopic (exact) mass is 376 g/mol. The minimum absolute atomic E-state index is 0.0814. The minimum atomic E-state index is -0.277. The summed E-state index contributed by atoms with van der Waals surface area (Å²) in [5.74, 6) is -0.234. The Labute approximate surface area is 163 Å². The molecule has 144 valence electrons. The fourth-order valence-corrected chi connectivity index (χ4v) is 4.70. The molecule has 1 aromatic heterocycles. The summed E-state index contributed by atoms with van der Waals surface area (Å²) in [6, 6.07) is 14.0. The van der Waals surface area contributed by atoms with Gasteiger partial charge in [0.2, 0.25) is 11.8 Å². The van der Waals surface area contributed by atoms with Gasteiger partial charge in [-0.15, -0.1) is 0 Å². The quantitative estimate of drug-likeness (QED) is 0.720. The standard InChI is InChI=1S/C23H24N2O3/c26-22-12-15(14-25(22)17-6-2-1-3-7-17)23(27)24-16-10-11-19-18-8-4-5-9-20(18)28-21(19)13-16/h4-5,8-11,13,15,17H,1-3,6-7,12,14H2,(H,24,27)/t15-/m0/s1. The largest absolute Gasteiger partial charge is 0.456 e. The van der Waals surface area contributed by atoms with Crippen LogP contribution in [0, 0.1) is 5.92 Å². The van der Waals surface area contributed by atoms with Crippen molar-refractivity contribution >= 4 is 39.4 Å². The molecule has 3 aromatic rings. The second-order valence-corrected chi connectivity index (χ2v) is 8.04. The molecule has 2 heterocycles. The van der Waals surface area contributed by atoms with Crippen molar-refractivity contribution < 1.29 is 14.0 Å². The smallest absolute Gasteiger partial charge is 0.229 e. The number of para-hydroxylation sites is 1. The van der Waals surface area contributed by atoms with Gasteiger partial charge in [0.15, 0.2) is 0 Å². The fraction of sp³-hybridized carbons (Fsp3) is 0.391. The van der Waals surface area contributed by atoms with Crippen LogP contribution in [0.4, 0.5) is 5.69 Å². The molecule has 1 atom stereocenters. The predicted molar refractivity (Wildman–Crippen MR) is 109 cm³/mol. The number of furan rings is 1. The fourth-order valence-electron chi connectivity index (χ4n) is 4.70. The molecule has 0 radical (unpaired) electrons. The molecule has 1 aliphatic carbocycles. The maximum atomic E-state index is 12.8.